The molecule has 0 aromatic heterocycles. The van der Waals surface area contributed by atoms with Crippen LogP contribution in [-0.4, -0.2) is 11.2 Å². The molecule has 0 N–H and O–H groups in total. The molecule has 4 atom stereocenters. The largest absolute Gasteiger partial charge is 0.225 e. The van der Waals surface area contributed by atoms with Crippen molar-refractivity contribution >= 4 is 0 Å². The first-order valence-electron chi connectivity index (χ1n) is 7.07. The molecule has 4 aliphatic rings. The van der Waals surface area contributed by atoms with Crippen LogP contribution in [0.4, 0.5) is 0 Å². The monoisotopic (exact) mass is 236 g/mol. The van der Waals surface area contributed by atoms with Crippen molar-refractivity contribution < 1.29 is 9.78 Å². The van der Waals surface area contributed by atoms with Crippen molar-refractivity contribution in [3.05, 3.63) is 11.6 Å². The van der Waals surface area contributed by atoms with E-state index in [1.165, 1.54) is 12.8 Å². The van der Waals surface area contributed by atoms with Crippen molar-refractivity contribution in [3.63, 3.8) is 0 Å². The molecular weight excluding hydrogens is 212 g/mol. The van der Waals surface area contributed by atoms with Gasteiger partial charge in [-0.2, -0.15) is 0 Å². The first-order valence-corrected chi connectivity index (χ1v) is 7.07. The molecule has 2 aliphatic heterocycles. The summed E-state index contributed by atoms with van der Waals surface area (Å²) in [5.41, 5.74) is 1.29. The molecule has 17 heavy (non-hydrogen) atoms. The Labute approximate surface area is 104 Å². The molecule has 1 saturated carbocycles. The first-order chi connectivity index (χ1) is 7.97. The van der Waals surface area contributed by atoms with Crippen LogP contribution >= 0.6 is 0 Å². The molecule has 4 rings (SSSR count). The molecule has 0 radical (unpaired) electrons. The van der Waals surface area contributed by atoms with Crippen molar-refractivity contribution in [1.82, 2.24) is 0 Å². The van der Waals surface area contributed by atoms with Gasteiger partial charge in [0, 0.05) is 0 Å². The maximum Gasteiger partial charge on any atom is 0.128 e. The van der Waals surface area contributed by atoms with Gasteiger partial charge in [0.1, 0.15) is 11.2 Å². The number of hydrogen-bond donors (Lipinski definition) is 0. The quantitative estimate of drug-likeness (QED) is 0.508. The molecule has 0 unspecified atom stereocenters. The van der Waals surface area contributed by atoms with Crippen LogP contribution in [0.15, 0.2) is 11.6 Å². The van der Waals surface area contributed by atoms with Crippen LogP contribution in [0, 0.1) is 17.8 Å². The van der Waals surface area contributed by atoms with Crippen molar-refractivity contribution in [2.45, 2.75) is 64.6 Å². The lowest BCUT2D eigenvalue weighted by atomic mass is 9.59. The van der Waals surface area contributed by atoms with E-state index >= 15 is 0 Å². The highest BCUT2D eigenvalue weighted by molar-refractivity contribution is 5.32. The number of fused-ring (bicyclic) bond motifs is 2. The topological polar surface area (TPSA) is 18.5 Å². The number of hydrogen-bond acceptors (Lipinski definition) is 2. The molecule has 2 nitrogen and oxygen atoms in total. The van der Waals surface area contributed by atoms with Crippen LogP contribution in [0.3, 0.4) is 0 Å². The van der Waals surface area contributed by atoms with Crippen LogP contribution in [-0.2, 0) is 9.78 Å². The summed E-state index contributed by atoms with van der Waals surface area (Å²) in [6.45, 7) is 9.14. The fourth-order valence-electron chi connectivity index (χ4n) is 3.97. The van der Waals surface area contributed by atoms with E-state index in [1.807, 2.05) is 0 Å². The van der Waals surface area contributed by atoms with Gasteiger partial charge in [-0.25, -0.2) is 9.78 Å². The zero-order chi connectivity index (χ0) is 12.3. The summed E-state index contributed by atoms with van der Waals surface area (Å²) in [5.74, 6) is 1.99. The second-order valence-electron chi connectivity index (χ2n) is 6.80. The third-order valence-corrected chi connectivity index (χ3v) is 5.23. The van der Waals surface area contributed by atoms with Crippen molar-refractivity contribution in [1.29, 1.82) is 0 Å². The van der Waals surface area contributed by atoms with Crippen LogP contribution in [0.1, 0.15) is 53.4 Å². The van der Waals surface area contributed by atoms with Gasteiger partial charge in [-0.3, -0.25) is 0 Å². The molecule has 2 fully saturated rings. The Balaban J connectivity index is 2.06. The lowest BCUT2D eigenvalue weighted by Gasteiger charge is -2.56. The minimum atomic E-state index is -0.165. The maximum absolute atomic E-state index is 5.90. The second-order valence-corrected chi connectivity index (χ2v) is 6.80. The minimum Gasteiger partial charge on any atom is -0.225 e. The van der Waals surface area contributed by atoms with Crippen molar-refractivity contribution in [2.24, 2.45) is 17.8 Å². The normalized spacial score (nSPS) is 49.1. The molecule has 2 heteroatoms. The summed E-state index contributed by atoms with van der Waals surface area (Å²) < 4.78 is 0. The predicted octanol–water partition coefficient (Wildman–Crippen LogP) is 3.87. The predicted molar refractivity (Wildman–Crippen MR) is 67.3 cm³/mol. The molecular formula is C15H24O2. The third kappa shape index (κ3) is 1.53. The van der Waals surface area contributed by atoms with Gasteiger partial charge < -0.3 is 0 Å². The zero-order valence-electron chi connectivity index (χ0n) is 11.5. The summed E-state index contributed by atoms with van der Waals surface area (Å²) in [4.78, 5) is 11.5. The van der Waals surface area contributed by atoms with Crippen LogP contribution in [0.2, 0.25) is 0 Å². The maximum atomic E-state index is 5.90. The van der Waals surface area contributed by atoms with Gasteiger partial charge in [-0.1, -0.05) is 20.8 Å². The average Bonchev–Trinajstić information content (AvgIpc) is 2.28. The van der Waals surface area contributed by atoms with E-state index < -0.39 is 0 Å². The van der Waals surface area contributed by atoms with Gasteiger partial charge in [-0.15, -0.1) is 0 Å². The lowest BCUT2D eigenvalue weighted by molar-refractivity contribution is -0.439. The fourth-order valence-corrected chi connectivity index (χ4v) is 3.97. The molecule has 96 valence electrons. The van der Waals surface area contributed by atoms with Gasteiger partial charge in [0.2, 0.25) is 0 Å². The minimum absolute atomic E-state index is 0.0923. The fraction of sp³-hybridized carbons (Fsp3) is 0.867. The standard InChI is InChI=1S/C15H24O2/c1-10(2)12-6-5-11(3)15-8-7-14(4,16-17-15)9-13(12)15/h9-12H,5-8H2,1-4H3/t11-,12+,14+,15+/m0/s1. The van der Waals surface area contributed by atoms with E-state index in [0.717, 1.165) is 12.8 Å². The van der Waals surface area contributed by atoms with Crippen LogP contribution in [0.5, 0.6) is 0 Å². The molecule has 1 spiro atoms. The zero-order valence-corrected chi connectivity index (χ0v) is 11.5. The van der Waals surface area contributed by atoms with E-state index in [-0.39, 0.29) is 11.2 Å². The molecule has 1 saturated heterocycles. The smallest absolute Gasteiger partial charge is 0.128 e. The summed E-state index contributed by atoms with van der Waals surface area (Å²) in [6.07, 6.45) is 7.21. The Hall–Kier alpha value is -0.340. The van der Waals surface area contributed by atoms with Gasteiger partial charge >= 0.3 is 0 Å². The highest BCUT2D eigenvalue weighted by Crippen LogP contribution is 2.56. The van der Waals surface area contributed by atoms with Gasteiger partial charge in [0.25, 0.3) is 0 Å². The Morgan fingerprint density at radius 1 is 1.24 bits per heavy atom. The second kappa shape index (κ2) is 3.58. The highest BCUT2D eigenvalue weighted by atomic mass is 17.2. The summed E-state index contributed by atoms with van der Waals surface area (Å²) in [6, 6.07) is 0. The van der Waals surface area contributed by atoms with E-state index in [1.54, 1.807) is 5.57 Å². The summed E-state index contributed by atoms with van der Waals surface area (Å²) in [7, 11) is 0. The van der Waals surface area contributed by atoms with E-state index in [4.69, 9.17) is 9.78 Å². The molecule has 0 amide bonds. The van der Waals surface area contributed by atoms with Crippen molar-refractivity contribution in [3.8, 4) is 0 Å². The third-order valence-electron chi connectivity index (χ3n) is 5.23. The molecule has 2 aliphatic carbocycles. The van der Waals surface area contributed by atoms with Gasteiger partial charge in [0.05, 0.1) is 0 Å². The van der Waals surface area contributed by atoms with E-state index in [9.17, 15) is 0 Å². The Kier molecular flexibility index (Phi) is 2.47. The first kappa shape index (κ1) is 11.7. The number of rotatable bonds is 1. The molecule has 2 bridgehead atoms. The van der Waals surface area contributed by atoms with Gasteiger partial charge in [-0.05, 0) is 62.0 Å². The van der Waals surface area contributed by atoms with E-state index in [2.05, 4.69) is 33.8 Å². The summed E-state index contributed by atoms with van der Waals surface area (Å²) >= 11 is 0. The van der Waals surface area contributed by atoms with E-state index in [0.29, 0.717) is 17.8 Å². The molecule has 2 heterocycles. The highest BCUT2D eigenvalue weighted by Gasteiger charge is 2.56. The lowest BCUT2D eigenvalue weighted by Crippen LogP contribution is -2.58. The summed E-state index contributed by atoms with van der Waals surface area (Å²) in [5, 5.41) is 0. The van der Waals surface area contributed by atoms with Crippen LogP contribution in [0.25, 0.3) is 0 Å². The Bertz CT molecular complexity index is 348. The Morgan fingerprint density at radius 3 is 2.59 bits per heavy atom. The average molecular weight is 236 g/mol. The van der Waals surface area contributed by atoms with Gasteiger partial charge in [0.15, 0.2) is 0 Å². The molecule has 0 aromatic carbocycles. The SMILES string of the molecule is CC(C)[C@H]1CC[C@H](C)[C@]23CC[C@](C)(C=C12)OO3. The van der Waals surface area contributed by atoms with Crippen LogP contribution < -0.4 is 0 Å². The Morgan fingerprint density at radius 2 is 2.00 bits per heavy atom. The van der Waals surface area contributed by atoms with Crippen molar-refractivity contribution in [2.75, 3.05) is 0 Å². The molecule has 0 aromatic rings.